The van der Waals surface area contributed by atoms with Gasteiger partial charge in [-0.25, -0.2) is 0 Å². The maximum Gasteiger partial charge on any atom is 0.157 e. The summed E-state index contributed by atoms with van der Waals surface area (Å²) in [4.78, 5) is 0. The number of hydrogen-bond donors (Lipinski definition) is 0. The van der Waals surface area contributed by atoms with Crippen molar-refractivity contribution in [1.82, 2.24) is 0 Å². The van der Waals surface area contributed by atoms with E-state index < -0.39 is 0 Å². The Kier molecular flexibility index (Phi) is 5.97. The molecule has 2 aliphatic rings. The monoisotopic (exact) mass is 254 g/mol. The van der Waals surface area contributed by atoms with Crippen molar-refractivity contribution < 1.29 is 9.47 Å². The van der Waals surface area contributed by atoms with E-state index in [1.165, 1.54) is 38.5 Å². The molecule has 1 saturated heterocycles. The van der Waals surface area contributed by atoms with E-state index in [-0.39, 0.29) is 6.29 Å². The zero-order valence-electron chi connectivity index (χ0n) is 12.2. The summed E-state index contributed by atoms with van der Waals surface area (Å²) in [7, 11) is 0. The zero-order chi connectivity index (χ0) is 12.8. The molecule has 0 radical (unpaired) electrons. The number of rotatable bonds is 6. The molecule has 1 aliphatic carbocycles. The molecule has 0 amide bonds. The van der Waals surface area contributed by atoms with Crippen LogP contribution in [0.1, 0.15) is 65.2 Å². The van der Waals surface area contributed by atoms with Crippen molar-refractivity contribution in [3.05, 3.63) is 0 Å². The fourth-order valence-corrected chi connectivity index (χ4v) is 3.77. The largest absolute Gasteiger partial charge is 0.353 e. The molecule has 2 nitrogen and oxygen atoms in total. The van der Waals surface area contributed by atoms with Gasteiger partial charge in [0, 0.05) is 0 Å². The SMILES string of the molecule is CCC1CC(CC)C(CCCC2OCCCO2)C1. The highest BCUT2D eigenvalue weighted by atomic mass is 16.7. The van der Waals surface area contributed by atoms with Gasteiger partial charge in [-0.15, -0.1) is 0 Å². The molecule has 0 spiro atoms. The van der Waals surface area contributed by atoms with Gasteiger partial charge in [0.2, 0.25) is 0 Å². The molecular formula is C16H30O2. The highest BCUT2D eigenvalue weighted by molar-refractivity contribution is 4.82. The van der Waals surface area contributed by atoms with Crippen LogP contribution in [0.3, 0.4) is 0 Å². The van der Waals surface area contributed by atoms with Crippen molar-refractivity contribution in [2.24, 2.45) is 17.8 Å². The Bertz CT molecular complexity index is 223. The van der Waals surface area contributed by atoms with E-state index in [0.29, 0.717) is 0 Å². The van der Waals surface area contributed by atoms with Gasteiger partial charge in [0.05, 0.1) is 13.2 Å². The third kappa shape index (κ3) is 3.96. The lowest BCUT2D eigenvalue weighted by Crippen LogP contribution is -2.24. The van der Waals surface area contributed by atoms with Crippen LogP contribution in [0.4, 0.5) is 0 Å². The van der Waals surface area contributed by atoms with E-state index in [9.17, 15) is 0 Å². The van der Waals surface area contributed by atoms with Crippen LogP contribution in [0.5, 0.6) is 0 Å². The maximum absolute atomic E-state index is 5.62. The zero-order valence-corrected chi connectivity index (χ0v) is 12.2. The minimum absolute atomic E-state index is 0.0993. The molecule has 0 bridgehead atoms. The minimum atomic E-state index is 0.0993. The van der Waals surface area contributed by atoms with Gasteiger partial charge in [-0.1, -0.05) is 26.7 Å². The Morgan fingerprint density at radius 3 is 2.28 bits per heavy atom. The normalized spacial score (nSPS) is 34.0. The predicted octanol–water partition coefficient (Wildman–Crippen LogP) is 4.38. The first-order valence-corrected chi connectivity index (χ1v) is 8.06. The second-order valence-electron chi connectivity index (χ2n) is 6.13. The molecule has 18 heavy (non-hydrogen) atoms. The first kappa shape index (κ1) is 14.3. The number of ether oxygens (including phenoxy) is 2. The minimum Gasteiger partial charge on any atom is -0.353 e. The summed E-state index contributed by atoms with van der Waals surface area (Å²) < 4.78 is 11.2. The van der Waals surface area contributed by atoms with Gasteiger partial charge < -0.3 is 9.47 Å². The van der Waals surface area contributed by atoms with E-state index in [0.717, 1.165) is 43.8 Å². The lowest BCUT2D eigenvalue weighted by Gasteiger charge is -2.24. The maximum atomic E-state index is 5.62. The molecule has 3 unspecified atom stereocenters. The Morgan fingerprint density at radius 1 is 0.889 bits per heavy atom. The molecule has 0 aromatic heterocycles. The lowest BCUT2D eigenvalue weighted by molar-refractivity contribution is -0.181. The summed E-state index contributed by atoms with van der Waals surface area (Å²) in [6.45, 7) is 6.50. The van der Waals surface area contributed by atoms with Gasteiger partial charge in [0.25, 0.3) is 0 Å². The Labute approximate surface area is 112 Å². The van der Waals surface area contributed by atoms with Gasteiger partial charge in [-0.05, 0) is 56.3 Å². The second-order valence-corrected chi connectivity index (χ2v) is 6.13. The average molecular weight is 254 g/mol. The third-order valence-electron chi connectivity index (χ3n) is 4.95. The van der Waals surface area contributed by atoms with Crippen LogP contribution in [0.2, 0.25) is 0 Å². The topological polar surface area (TPSA) is 18.5 Å². The summed E-state index contributed by atoms with van der Waals surface area (Å²) in [5.74, 6) is 2.97. The van der Waals surface area contributed by atoms with Crippen molar-refractivity contribution >= 4 is 0 Å². The van der Waals surface area contributed by atoms with Crippen LogP contribution in [0.25, 0.3) is 0 Å². The lowest BCUT2D eigenvalue weighted by atomic mass is 9.89. The van der Waals surface area contributed by atoms with Gasteiger partial charge in [0.1, 0.15) is 0 Å². The molecule has 1 aliphatic heterocycles. The molecule has 0 aromatic rings. The van der Waals surface area contributed by atoms with Crippen LogP contribution < -0.4 is 0 Å². The van der Waals surface area contributed by atoms with Crippen LogP contribution in [0, 0.1) is 17.8 Å². The van der Waals surface area contributed by atoms with Crippen molar-refractivity contribution in [3.8, 4) is 0 Å². The molecule has 3 atom stereocenters. The molecule has 2 rings (SSSR count). The Hall–Kier alpha value is -0.0800. The van der Waals surface area contributed by atoms with Crippen LogP contribution in [-0.2, 0) is 9.47 Å². The van der Waals surface area contributed by atoms with E-state index in [1.54, 1.807) is 0 Å². The van der Waals surface area contributed by atoms with Gasteiger partial charge in [-0.2, -0.15) is 0 Å². The highest BCUT2D eigenvalue weighted by Crippen LogP contribution is 2.42. The van der Waals surface area contributed by atoms with Crippen molar-refractivity contribution in [3.63, 3.8) is 0 Å². The molecule has 0 aromatic carbocycles. The van der Waals surface area contributed by atoms with E-state index >= 15 is 0 Å². The summed E-state index contributed by atoms with van der Waals surface area (Å²) in [6.07, 6.45) is 10.6. The summed E-state index contributed by atoms with van der Waals surface area (Å²) >= 11 is 0. The van der Waals surface area contributed by atoms with Crippen LogP contribution in [-0.4, -0.2) is 19.5 Å². The summed E-state index contributed by atoms with van der Waals surface area (Å²) in [6, 6.07) is 0. The molecule has 0 N–H and O–H groups in total. The first-order valence-electron chi connectivity index (χ1n) is 8.06. The molecule has 1 saturated carbocycles. The fraction of sp³-hybridized carbons (Fsp3) is 1.00. The van der Waals surface area contributed by atoms with Crippen molar-refractivity contribution in [2.75, 3.05) is 13.2 Å². The third-order valence-corrected chi connectivity index (χ3v) is 4.95. The fourth-order valence-electron chi connectivity index (χ4n) is 3.77. The summed E-state index contributed by atoms with van der Waals surface area (Å²) in [5, 5.41) is 0. The average Bonchev–Trinajstić information content (AvgIpc) is 2.82. The van der Waals surface area contributed by atoms with Crippen LogP contribution >= 0.6 is 0 Å². The van der Waals surface area contributed by atoms with Gasteiger partial charge in [-0.3, -0.25) is 0 Å². The van der Waals surface area contributed by atoms with Crippen molar-refractivity contribution in [2.45, 2.75) is 71.5 Å². The molecule has 2 heteroatoms. The quantitative estimate of drug-likeness (QED) is 0.700. The smallest absolute Gasteiger partial charge is 0.157 e. The molecule has 2 fully saturated rings. The Morgan fingerprint density at radius 2 is 1.61 bits per heavy atom. The molecule has 1 heterocycles. The predicted molar refractivity (Wildman–Crippen MR) is 74.4 cm³/mol. The highest BCUT2D eigenvalue weighted by Gasteiger charge is 2.31. The first-order chi connectivity index (χ1) is 8.83. The number of hydrogen-bond acceptors (Lipinski definition) is 2. The van der Waals surface area contributed by atoms with E-state index in [4.69, 9.17) is 9.47 Å². The van der Waals surface area contributed by atoms with Gasteiger partial charge in [0.15, 0.2) is 6.29 Å². The molecular weight excluding hydrogens is 224 g/mol. The molecule has 106 valence electrons. The van der Waals surface area contributed by atoms with E-state index in [2.05, 4.69) is 13.8 Å². The Balaban J connectivity index is 1.65. The van der Waals surface area contributed by atoms with Crippen molar-refractivity contribution in [1.29, 1.82) is 0 Å². The summed E-state index contributed by atoms with van der Waals surface area (Å²) in [5.41, 5.74) is 0. The van der Waals surface area contributed by atoms with Crippen LogP contribution in [0.15, 0.2) is 0 Å². The van der Waals surface area contributed by atoms with E-state index in [1.807, 2.05) is 0 Å². The van der Waals surface area contributed by atoms with Gasteiger partial charge >= 0.3 is 0 Å². The standard InChI is InChI=1S/C16H30O2/c1-3-13-11-14(4-2)15(12-13)7-5-8-16-17-9-6-10-18-16/h13-16H,3-12H2,1-2H3. The second kappa shape index (κ2) is 7.49.